The number of nitrogens with zero attached hydrogens (tertiary/aromatic N) is 1. The van der Waals surface area contributed by atoms with Gasteiger partial charge in [0.05, 0.1) is 12.7 Å². The molecule has 5 nitrogen and oxygen atoms in total. The van der Waals surface area contributed by atoms with Crippen LogP contribution in [0.4, 0.5) is 5.82 Å². The number of hydrogen-bond donors (Lipinski definition) is 1. The maximum atomic E-state index is 6.05. The lowest BCUT2D eigenvalue weighted by molar-refractivity contribution is 0.415. The predicted octanol–water partition coefficient (Wildman–Crippen LogP) is 4.50. The zero-order valence-electron chi connectivity index (χ0n) is 10.9. The Morgan fingerprint density at radius 2 is 2.00 bits per heavy atom. The minimum atomic E-state index is 0.207. The summed E-state index contributed by atoms with van der Waals surface area (Å²) >= 11 is 11.8. The lowest BCUT2D eigenvalue weighted by Crippen LogP contribution is -1.92. The zero-order chi connectivity index (χ0) is 15.0. The van der Waals surface area contributed by atoms with Crippen LogP contribution in [0.15, 0.2) is 39.3 Å². The van der Waals surface area contributed by atoms with Gasteiger partial charge in [-0.1, -0.05) is 16.8 Å². The predicted molar refractivity (Wildman–Crippen MR) is 80.6 cm³/mol. The van der Waals surface area contributed by atoms with E-state index in [2.05, 4.69) is 5.16 Å². The van der Waals surface area contributed by atoms with E-state index >= 15 is 0 Å². The first kappa shape index (κ1) is 13.9. The van der Waals surface area contributed by atoms with Crippen molar-refractivity contribution in [1.82, 2.24) is 5.16 Å². The molecule has 0 fully saturated rings. The van der Waals surface area contributed by atoms with Crippen molar-refractivity contribution in [3.63, 3.8) is 0 Å². The molecule has 108 valence electrons. The van der Waals surface area contributed by atoms with Crippen molar-refractivity contribution in [3.8, 4) is 28.4 Å². The van der Waals surface area contributed by atoms with Crippen LogP contribution in [0.5, 0.6) is 5.75 Å². The zero-order valence-corrected chi connectivity index (χ0v) is 12.4. The number of nitrogen functional groups attached to an aromatic ring is 1. The fourth-order valence-corrected chi connectivity index (χ4v) is 2.36. The number of aromatic nitrogens is 1. The summed E-state index contributed by atoms with van der Waals surface area (Å²) < 4.78 is 15.9. The van der Waals surface area contributed by atoms with Gasteiger partial charge in [0.15, 0.2) is 16.8 Å². The molecular weight excluding hydrogens is 315 g/mol. The van der Waals surface area contributed by atoms with E-state index in [1.165, 1.54) is 0 Å². The molecule has 3 rings (SSSR count). The summed E-state index contributed by atoms with van der Waals surface area (Å²) in [6.45, 7) is 0. The van der Waals surface area contributed by atoms with Crippen LogP contribution in [0.25, 0.3) is 22.6 Å². The molecule has 0 bridgehead atoms. The third-order valence-electron chi connectivity index (χ3n) is 2.95. The Kier molecular flexibility index (Phi) is 3.53. The summed E-state index contributed by atoms with van der Waals surface area (Å²) in [6, 6.07) is 8.45. The highest BCUT2D eigenvalue weighted by Crippen LogP contribution is 2.42. The molecule has 0 radical (unpaired) electrons. The summed E-state index contributed by atoms with van der Waals surface area (Å²) in [5.74, 6) is 1.58. The first-order valence-corrected chi connectivity index (χ1v) is 6.70. The maximum absolute atomic E-state index is 6.05. The molecule has 0 amide bonds. The number of anilines is 1. The van der Waals surface area contributed by atoms with Crippen molar-refractivity contribution in [3.05, 3.63) is 40.6 Å². The summed E-state index contributed by atoms with van der Waals surface area (Å²) in [5, 5.41) is 4.56. The van der Waals surface area contributed by atoms with Crippen molar-refractivity contribution >= 4 is 29.0 Å². The van der Waals surface area contributed by atoms with Crippen molar-refractivity contribution in [1.29, 1.82) is 0 Å². The number of nitrogens with two attached hydrogens (primary N) is 1. The SMILES string of the molecule is COc1ccc(Cl)cc1-c1c(N)noc1-c1ccc(Cl)o1. The first-order chi connectivity index (χ1) is 10.1. The molecule has 3 aromatic rings. The van der Waals surface area contributed by atoms with Gasteiger partial charge in [0, 0.05) is 10.6 Å². The number of ether oxygens (including phenoxy) is 1. The van der Waals surface area contributed by atoms with Gasteiger partial charge in [0.1, 0.15) is 5.75 Å². The van der Waals surface area contributed by atoms with E-state index in [1.54, 1.807) is 37.4 Å². The minimum absolute atomic E-state index is 0.207. The summed E-state index contributed by atoms with van der Waals surface area (Å²) in [4.78, 5) is 0. The quantitative estimate of drug-likeness (QED) is 0.767. The van der Waals surface area contributed by atoms with Crippen LogP contribution in [-0.2, 0) is 0 Å². The Bertz CT molecular complexity index is 795. The molecule has 0 aliphatic rings. The number of rotatable bonds is 3. The van der Waals surface area contributed by atoms with E-state index in [0.29, 0.717) is 33.4 Å². The van der Waals surface area contributed by atoms with E-state index in [-0.39, 0.29) is 11.0 Å². The second-order valence-electron chi connectivity index (χ2n) is 4.22. The van der Waals surface area contributed by atoms with E-state index in [4.69, 9.17) is 42.6 Å². The summed E-state index contributed by atoms with van der Waals surface area (Å²) in [7, 11) is 1.56. The molecule has 0 atom stereocenters. The van der Waals surface area contributed by atoms with Crippen molar-refractivity contribution in [2.24, 2.45) is 0 Å². The molecule has 0 saturated carbocycles. The second kappa shape index (κ2) is 5.35. The monoisotopic (exact) mass is 324 g/mol. The third kappa shape index (κ3) is 2.46. The largest absolute Gasteiger partial charge is 0.496 e. The van der Waals surface area contributed by atoms with Crippen LogP contribution in [0, 0.1) is 0 Å². The van der Waals surface area contributed by atoms with Gasteiger partial charge in [-0.3, -0.25) is 0 Å². The summed E-state index contributed by atoms with van der Waals surface area (Å²) in [6.07, 6.45) is 0. The van der Waals surface area contributed by atoms with Crippen LogP contribution < -0.4 is 10.5 Å². The highest BCUT2D eigenvalue weighted by Gasteiger charge is 2.23. The second-order valence-corrected chi connectivity index (χ2v) is 5.03. The fourth-order valence-electron chi connectivity index (χ4n) is 2.04. The molecule has 7 heteroatoms. The van der Waals surface area contributed by atoms with E-state index < -0.39 is 0 Å². The highest BCUT2D eigenvalue weighted by molar-refractivity contribution is 6.31. The van der Waals surface area contributed by atoms with Gasteiger partial charge in [-0.2, -0.15) is 0 Å². The molecular formula is C14H10Cl2N2O3. The number of furan rings is 1. The Hall–Kier alpha value is -2.11. The van der Waals surface area contributed by atoms with Crippen LogP contribution >= 0.6 is 23.2 Å². The number of halogens is 2. The Balaban J connectivity index is 2.24. The Morgan fingerprint density at radius 1 is 1.19 bits per heavy atom. The van der Waals surface area contributed by atoms with Gasteiger partial charge in [0.2, 0.25) is 5.76 Å². The Morgan fingerprint density at radius 3 is 2.67 bits per heavy atom. The van der Waals surface area contributed by atoms with Crippen molar-refractivity contribution < 1.29 is 13.7 Å². The average Bonchev–Trinajstić information content (AvgIpc) is 3.04. The summed E-state index contributed by atoms with van der Waals surface area (Å²) in [5.41, 5.74) is 7.11. The molecule has 0 unspecified atom stereocenters. The molecule has 21 heavy (non-hydrogen) atoms. The normalized spacial score (nSPS) is 10.8. The van der Waals surface area contributed by atoms with Gasteiger partial charge >= 0.3 is 0 Å². The third-order valence-corrected chi connectivity index (χ3v) is 3.38. The molecule has 0 aliphatic carbocycles. The molecule has 0 aliphatic heterocycles. The van der Waals surface area contributed by atoms with Gasteiger partial charge < -0.3 is 19.4 Å². The fraction of sp³-hybridized carbons (Fsp3) is 0.0714. The van der Waals surface area contributed by atoms with Crippen LogP contribution in [0.3, 0.4) is 0 Å². The lowest BCUT2D eigenvalue weighted by atomic mass is 10.0. The molecule has 0 spiro atoms. The van der Waals surface area contributed by atoms with Gasteiger partial charge in [0.25, 0.3) is 0 Å². The molecule has 2 aromatic heterocycles. The van der Waals surface area contributed by atoms with Crippen molar-refractivity contribution in [2.75, 3.05) is 12.8 Å². The van der Waals surface area contributed by atoms with Gasteiger partial charge in [-0.05, 0) is 41.9 Å². The smallest absolute Gasteiger partial charge is 0.212 e. The first-order valence-electron chi connectivity index (χ1n) is 5.95. The molecule has 2 N–H and O–H groups in total. The van der Waals surface area contributed by atoms with E-state index in [9.17, 15) is 0 Å². The maximum Gasteiger partial charge on any atom is 0.212 e. The molecule has 1 aromatic carbocycles. The van der Waals surface area contributed by atoms with E-state index in [0.717, 1.165) is 0 Å². The van der Waals surface area contributed by atoms with E-state index in [1.807, 2.05) is 0 Å². The minimum Gasteiger partial charge on any atom is -0.496 e. The topological polar surface area (TPSA) is 74.4 Å². The van der Waals surface area contributed by atoms with Gasteiger partial charge in [-0.15, -0.1) is 0 Å². The average molecular weight is 325 g/mol. The highest BCUT2D eigenvalue weighted by atomic mass is 35.5. The van der Waals surface area contributed by atoms with Gasteiger partial charge in [-0.25, -0.2) is 0 Å². The van der Waals surface area contributed by atoms with Crippen LogP contribution in [0.2, 0.25) is 10.2 Å². The molecule has 2 heterocycles. The van der Waals surface area contributed by atoms with Crippen LogP contribution in [0.1, 0.15) is 0 Å². The number of methoxy groups -OCH3 is 1. The lowest BCUT2D eigenvalue weighted by Gasteiger charge is -2.08. The number of hydrogen-bond acceptors (Lipinski definition) is 5. The molecule has 0 saturated heterocycles. The number of benzene rings is 1. The standard InChI is InChI=1S/C14H10Cl2N2O3/c1-19-9-3-2-7(15)6-8(9)12-13(21-18-14(12)17)10-4-5-11(16)20-10/h2-6H,1H3,(H2,17,18). The van der Waals surface area contributed by atoms with Crippen LogP contribution in [-0.4, -0.2) is 12.3 Å². The van der Waals surface area contributed by atoms with Crippen molar-refractivity contribution in [2.45, 2.75) is 0 Å². The Labute approximate surface area is 130 Å².